The van der Waals surface area contributed by atoms with Crippen molar-refractivity contribution in [3.63, 3.8) is 0 Å². The lowest BCUT2D eigenvalue weighted by atomic mass is 10.00. The molecule has 3 heterocycles. The standard InChI is InChI=1S/C17H28N4S.HI/c1-13-3-7-20(8-4-13)17(18)19-11-14(2)21-9-5-16-15(12-21)6-10-22-16;/h6,10,13-14H,3-5,7-9,11-12H2,1-2H3,(H2,18,19);1H. The summed E-state index contributed by atoms with van der Waals surface area (Å²) in [5.41, 5.74) is 7.70. The van der Waals surface area contributed by atoms with Crippen LogP contribution in [0.5, 0.6) is 0 Å². The van der Waals surface area contributed by atoms with E-state index < -0.39 is 0 Å². The summed E-state index contributed by atoms with van der Waals surface area (Å²) in [6.45, 7) is 9.73. The monoisotopic (exact) mass is 448 g/mol. The highest BCUT2D eigenvalue weighted by molar-refractivity contribution is 14.0. The summed E-state index contributed by atoms with van der Waals surface area (Å²) in [5, 5.41) is 2.21. The van der Waals surface area contributed by atoms with Crippen LogP contribution in [0.15, 0.2) is 16.4 Å². The Hall–Kier alpha value is -0.340. The predicted octanol–water partition coefficient (Wildman–Crippen LogP) is 3.16. The number of halogens is 1. The molecule has 1 atom stereocenters. The lowest BCUT2D eigenvalue weighted by molar-refractivity contribution is 0.196. The van der Waals surface area contributed by atoms with Crippen LogP contribution in [0.25, 0.3) is 0 Å². The Kier molecular flexibility index (Phi) is 7.16. The van der Waals surface area contributed by atoms with Gasteiger partial charge in [-0.05, 0) is 49.1 Å². The van der Waals surface area contributed by atoms with Crippen molar-refractivity contribution in [2.45, 2.75) is 45.7 Å². The molecule has 0 radical (unpaired) electrons. The normalized spacial score (nSPS) is 21.7. The van der Waals surface area contributed by atoms with E-state index >= 15 is 0 Å². The van der Waals surface area contributed by atoms with Crippen LogP contribution >= 0.6 is 35.3 Å². The van der Waals surface area contributed by atoms with Crippen LogP contribution in [-0.2, 0) is 13.0 Å². The molecule has 3 rings (SSSR count). The van der Waals surface area contributed by atoms with Gasteiger partial charge in [0.25, 0.3) is 0 Å². The summed E-state index contributed by atoms with van der Waals surface area (Å²) < 4.78 is 0. The number of rotatable bonds is 3. The van der Waals surface area contributed by atoms with Crippen LogP contribution in [0.2, 0.25) is 0 Å². The maximum Gasteiger partial charge on any atom is 0.191 e. The fraction of sp³-hybridized carbons (Fsp3) is 0.706. The molecule has 2 aliphatic rings. The number of guanidine groups is 1. The molecule has 0 amide bonds. The molecule has 0 saturated carbocycles. The highest BCUT2D eigenvalue weighted by Gasteiger charge is 2.22. The highest BCUT2D eigenvalue weighted by atomic mass is 127. The van der Waals surface area contributed by atoms with Crippen LogP contribution in [0.1, 0.15) is 37.1 Å². The minimum atomic E-state index is 0. The minimum Gasteiger partial charge on any atom is -0.370 e. The van der Waals surface area contributed by atoms with E-state index in [1.165, 1.54) is 24.8 Å². The molecule has 0 bridgehead atoms. The molecule has 0 aliphatic carbocycles. The zero-order valence-electron chi connectivity index (χ0n) is 14.2. The van der Waals surface area contributed by atoms with Crippen LogP contribution in [0.3, 0.4) is 0 Å². The van der Waals surface area contributed by atoms with Gasteiger partial charge >= 0.3 is 0 Å². The minimum absolute atomic E-state index is 0. The second-order valence-electron chi connectivity index (χ2n) is 6.81. The van der Waals surface area contributed by atoms with Crippen molar-refractivity contribution < 1.29 is 0 Å². The number of piperidine rings is 1. The highest BCUT2D eigenvalue weighted by Crippen LogP contribution is 2.25. The first-order valence-corrected chi connectivity index (χ1v) is 9.35. The van der Waals surface area contributed by atoms with Gasteiger partial charge in [0.1, 0.15) is 0 Å². The summed E-state index contributed by atoms with van der Waals surface area (Å²) in [4.78, 5) is 11.0. The van der Waals surface area contributed by atoms with Crippen LogP contribution < -0.4 is 5.73 Å². The quantitative estimate of drug-likeness (QED) is 0.439. The number of likely N-dealkylation sites (tertiary alicyclic amines) is 1. The van der Waals surface area contributed by atoms with Crippen molar-refractivity contribution in [2.24, 2.45) is 16.6 Å². The summed E-state index contributed by atoms with van der Waals surface area (Å²) in [7, 11) is 0. The molecule has 2 N–H and O–H groups in total. The van der Waals surface area contributed by atoms with Gasteiger partial charge in [0.2, 0.25) is 0 Å². The van der Waals surface area contributed by atoms with E-state index in [1.807, 2.05) is 11.3 Å². The predicted molar refractivity (Wildman–Crippen MR) is 110 cm³/mol. The molecule has 130 valence electrons. The number of nitrogens with zero attached hydrogens (tertiary/aromatic N) is 3. The molecule has 1 unspecified atom stereocenters. The largest absolute Gasteiger partial charge is 0.370 e. The molecular formula is C17H29IN4S. The van der Waals surface area contributed by atoms with Gasteiger partial charge in [-0.3, -0.25) is 9.89 Å². The van der Waals surface area contributed by atoms with Gasteiger partial charge in [-0.2, -0.15) is 0 Å². The molecule has 0 aromatic carbocycles. The number of aliphatic imine (C=N–C) groups is 1. The van der Waals surface area contributed by atoms with Crippen LogP contribution in [0, 0.1) is 5.92 Å². The maximum absolute atomic E-state index is 6.19. The van der Waals surface area contributed by atoms with Gasteiger partial charge < -0.3 is 10.6 Å². The van der Waals surface area contributed by atoms with E-state index in [9.17, 15) is 0 Å². The van der Waals surface area contributed by atoms with E-state index in [2.05, 4.69) is 40.1 Å². The molecule has 1 fully saturated rings. The van der Waals surface area contributed by atoms with Crippen molar-refractivity contribution in [2.75, 3.05) is 26.2 Å². The van der Waals surface area contributed by atoms with Crippen LogP contribution in [-0.4, -0.2) is 48.0 Å². The Morgan fingerprint density at radius 3 is 2.87 bits per heavy atom. The molecule has 2 aliphatic heterocycles. The number of thiophene rings is 1. The van der Waals surface area contributed by atoms with Crippen molar-refractivity contribution in [1.82, 2.24) is 9.80 Å². The molecule has 6 heteroatoms. The lowest BCUT2D eigenvalue weighted by Gasteiger charge is -2.33. The molecule has 4 nitrogen and oxygen atoms in total. The molecule has 0 spiro atoms. The molecule has 1 saturated heterocycles. The molecular weight excluding hydrogens is 419 g/mol. The van der Waals surface area contributed by atoms with Gasteiger partial charge in [-0.1, -0.05) is 6.92 Å². The topological polar surface area (TPSA) is 44.9 Å². The smallest absolute Gasteiger partial charge is 0.191 e. The van der Waals surface area contributed by atoms with E-state index in [0.717, 1.165) is 44.6 Å². The average molecular weight is 448 g/mol. The van der Waals surface area contributed by atoms with Crippen LogP contribution in [0.4, 0.5) is 0 Å². The summed E-state index contributed by atoms with van der Waals surface area (Å²) >= 11 is 1.90. The molecule has 1 aromatic rings. The van der Waals surface area contributed by atoms with Gasteiger partial charge in [-0.25, -0.2) is 0 Å². The lowest BCUT2D eigenvalue weighted by Crippen LogP contribution is -2.44. The van der Waals surface area contributed by atoms with Gasteiger partial charge in [0, 0.05) is 37.1 Å². The Bertz CT molecular complexity index is 522. The van der Waals surface area contributed by atoms with E-state index in [0.29, 0.717) is 6.04 Å². The first kappa shape index (κ1) is 19.0. The summed E-state index contributed by atoms with van der Waals surface area (Å²) in [6, 6.07) is 2.72. The first-order valence-electron chi connectivity index (χ1n) is 8.47. The zero-order valence-corrected chi connectivity index (χ0v) is 17.3. The zero-order chi connectivity index (χ0) is 15.5. The Balaban J connectivity index is 0.00000192. The Morgan fingerprint density at radius 1 is 1.39 bits per heavy atom. The van der Waals surface area contributed by atoms with E-state index in [-0.39, 0.29) is 24.0 Å². The molecule has 1 aromatic heterocycles. The van der Waals surface area contributed by atoms with Gasteiger partial charge in [0.15, 0.2) is 5.96 Å². The van der Waals surface area contributed by atoms with Crippen molar-refractivity contribution in [3.8, 4) is 0 Å². The third-order valence-corrected chi connectivity index (χ3v) is 6.11. The second kappa shape index (κ2) is 8.67. The Labute approximate surface area is 161 Å². The maximum atomic E-state index is 6.19. The van der Waals surface area contributed by atoms with Crippen molar-refractivity contribution in [3.05, 3.63) is 21.9 Å². The van der Waals surface area contributed by atoms with E-state index in [4.69, 9.17) is 5.73 Å². The Morgan fingerprint density at radius 2 is 2.13 bits per heavy atom. The number of fused-ring (bicyclic) bond motifs is 1. The van der Waals surface area contributed by atoms with Crippen molar-refractivity contribution in [1.29, 1.82) is 0 Å². The fourth-order valence-corrected chi connectivity index (χ4v) is 4.21. The number of hydrogen-bond acceptors (Lipinski definition) is 3. The van der Waals surface area contributed by atoms with Gasteiger partial charge in [-0.15, -0.1) is 35.3 Å². The third kappa shape index (κ3) is 4.82. The summed E-state index contributed by atoms with van der Waals surface area (Å²) in [6.07, 6.45) is 3.65. The average Bonchev–Trinajstić information content (AvgIpc) is 3.00. The summed E-state index contributed by atoms with van der Waals surface area (Å²) in [5.74, 6) is 1.57. The SMILES string of the molecule is CC1CCN(C(N)=NCC(C)N2CCc3sccc3C2)CC1.I. The number of hydrogen-bond donors (Lipinski definition) is 1. The first-order chi connectivity index (χ1) is 10.6. The third-order valence-electron chi connectivity index (χ3n) is 5.09. The molecule has 23 heavy (non-hydrogen) atoms. The number of nitrogens with two attached hydrogens (primary N) is 1. The van der Waals surface area contributed by atoms with E-state index in [1.54, 1.807) is 4.88 Å². The van der Waals surface area contributed by atoms with Gasteiger partial charge in [0.05, 0.1) is 6.54 Å². The second-order valence-corrected chi connectivity index (χ2v) is 7.81. The fourth-order valence-electron chi connectivity index (χ4n) is 3.33. The van der Waals surface area contributed by atoms with Crippen molar-refractivity contribution >= 4 is 41.3 Å².